The summed E-state index contributed by atoms with van der Waals surface area (Å²) >= 11 is 3.60. The van der Waals surface area contributed by atoms with E-state index in [1.807, 2.05) is 19.2 Å². The second-order valence-electron chi connectivity index (χ2n) is 10.00. The lowest BCUT2D eigenvalue weighted by Crippen LogP contribution is -2.30. The van der Waals surface area contributed by atoms with Crippen LogP contribution < -0.4 is 0 Å². The molecule has 34 heavy (non-hydrogen) atoms. The van der Waals surface area contributed by atoms with E-state index in [9.17, 15) is 5.26 Å². The smallest absolute Gasteiger partial charge is 0.0822 e. The van der Waals surface area contributed by atoms with E-state index < -0.39 is 0 Å². The molecule has 1 aromatic carbocycles. The maximum atomic E-state index is 9.98. The highest BCUT2D eigenvalue weighted by Crippen LogP contribution is 2.42. The Morgan fingerprint density at radius 1 is 1.18 bits per heavy atom. The number of allylic oxidation sites excluding steroid dienone is 4. The van der Waals surface area contributed by atoms with Gasteiger partial charge in [0.05, 0.1) is 21.7 Å². The van der Waals surface area contributed by atoms with Crippen molar-refractivity contribution in [1.82, 2.24) is 0 Å². The molecule has 0 bridgehead atoms. The molecule has 1 aliphatic carbocycles. The third-order valence-corrected chi connectivity index (χ3v) is 7.82. The van der Waals surface area contributed by atoms with Crippen LogP contribution in [0.4, 0.5) is 0 Å². The van der Waals surface area contributed by atoms with Crippen LogP contribution in [0.3, 0.4) is 0 Å². The summed E-state index contributed by atoms with van der Waals surface area (Å²) < 4.78 is 0.937. The van der Waals surface area contributed by atoms with E-state index in [0.717, 1.165) is 54.6 Å². The average molecular weight is 525 g/mol. The van der Waals surface area contributed by atoms with Gasteiger partial charge in [0, 0.05) is 24.9 Å². The van der Waals surface area contributed by atoms with Crippen molar-refractivity contribution in [2.75, 3.05) is 7.05 Å². The molecule has 2 rings (SSSR count). The molecule has 0 saturated heterocycles. The van der Waals surface area contributed by atoms with Gasteiger partial charge in [-0.05, 0) is 92.8 Å². The van der Waals surface area contributed by atoms with Gasteiger partial charge in [-0.2, -0.15) is 5.26 Å². The zero-order valence-corrected chi connectivity index (χ0v) is 23.4. The van der Waals surface area contributed by atoms with Crippen LogP contribution in [0.15, 0.2) is 62.1 Å². The van der Waals surface area contributed by atoms with Gasteiger partial charge in [-0.1, -0.05) is 62.1 Å². The van der Waals surface area contributed by atoms with Crippen LogP contribution in [0.2, 0.25) is 0 Å². The van der Waals surface area contributed by atoms with E-state index in [0.29, 0.717) is 5.92 Å². The zero-order chi connectivity index (χ0) is 25.0. The van der Waals surface area contributed by atoms with Gasteiger partial charge in [-0.3, -0.25) is 9.98 Å². The van der Waals surface area contributed by atoms with E-state index >= 15 is 0 Å². The molecule has 1 fully saturated rings. The third-order valence-electron chi connectivity index (χ3n) is 7.04. The summed E-state index contributed by atoms with van der Waals surface area (Å²) in [5, 5.41) is 9.98. The third kappa shape index (κ3) is 8.35. The molecule has 1 saturated carbocycles. The van der Waals surface area contributed by atoms with Gasteiger partial charge in [0.2, 0.25) is 0 Å². The molecule has 0 N–H and O–H groups in total. The first-order valence-corrected chi connectivity index (χ1v) is 13.6. The molecule has 0 radical (unpaired) electrons. The Labute approximate surface area is 216 Å². The van der Waals surface area contributed by atoms with Gasteiger partial charge in [-0.15, -0.1) is 0 Å². The van der Waals surface area contributed by atoms with Gasteiger partial charge in [-0.25, -0.2) is 0 Å². The minimum Gasteiger partial charge on any atom is -0.295 e. The monoisotopic (exact) mass is 523 g/mol. The summed E-state index contributed by atoms with van der Waals surface area (Å²) in [6.07, 6.45) is 14.3. The van der Waals surface area contributed by atoms with Crippen LogP contribution in [-0.2, 0) is 5.41 Å². The van der Waals surface area contributed by atoms with Crippen LogP contribution in [0.25, 0.3) is 0 Å². The number of rotatable bonds is 11. The first kappa shape index (κ1) is 28.2. The number of hydrogen-bond donors (Lipinski definition) is 0. The van der Waals surface area contributed by atoms with Crippen molar-refractivity contribution in [3.05, 3.63) is 57.7 Å². The molecule has 4 heteroatoms. The highest BCUT2D eigenvalue weighted by Gasteiger charge is 2.36. The quantitative estimate of drug-likeness (QED) is 0.267. The second-order valence-corrected chi connectivity index (χ2v) is 10.9. The lowest BCUT2D eigenvalue weighted by atomic mass is 9.67. The average Bonchev–Trinajstić information content (AvgIpc) is 2.84. The molecule has 1 unspecified atom stereocenters. The van der Waals surface area contributed by atoms with E-state index in [4.69, 9.17) is 4.99 Å². The molecule has 0 heterocycles. The highest BCUT2D eigenvalue weighted by molar-refractivity contribution is 9.12. The molecular formula is C30H42BrN3. The number of hydrogen-bond acceptors (Lipinski definition) is 3. The summed E-state index contributed by atoms with van der Waals surface area (Å²) in [6, 6.07) is 13.1. The van der Waals surface area contributed by atoms with Crippen molar-refractivity contribution in [1.29, 1.82) is 5.26 Å². The summed E-state index contributed by atoms with van der Waals surface area (Å²) in [5.41, 5.74) is 4.36. The molecule has 0 spiro atoms. The minimum absolute atomic E-state index is 0.287. The van der Waals surface area contributed by atoms with Gasteiger partial charge in [0.1, 0.15) is 0 Å². The van der Waals surface area contributed by atoms with Crippen molar-refractivity contribution < 1.29 is 0 Å². The van der Waals surface area contributed by atoms with Crippen LogP contribution >= 0.6 is 15.9 Å². The zero-order valence-electron chi connectivity index (χ0n) is 21.8. The number of benzene rings is 1. The van der Waals surface area contributed by atoms with Crippen molar-refractivity contribution in [2.24, 2.45) is 21.8 Å². The Morgan fingerprint density at radius 3 is 2.41 bits per heavy atom. The second kappa shape index (κ2) is 14.4. The Hall–Kier alpha value is -1.99. The van der Waals surface area contributed by atoms with E-state index in [1.165, 1.54) is 36.1 Å². The molecule has 0 amide bonds. The van der Waals surface area contributed by atoms with Crippen LogP contribution in [0.5, 0.6) is 0 Å². The van der Waals surface area contributed by atoms with E-state index in [2.05, 4.69) is 78.1 Å². The summed E-state index contributed by atoms with van der Waals surface area (Å²) in [5.74, 6) is 1.20. The van der Waals surface area contributed by atoms with Crippen molar-refractivity contribution in [3.8, 4) is 6.07 Å². The summed E-state index contributed by atoms with van der Waals surface area (Å²) in [4.78, 5) is 9.14. The topological polar surface area (TPSA) is 48.5 Å². The molecule has 0 aromatic heterocycles. The number of nitrogens with zero attached hydrogens (tertiary/aromatic N) is 3. The Morgan fingerprint density at radius 2 is 1.85 bits per heavy atom. The fourth-order valence-corrected chi connectivity index (χ4v) is 5.41. The molecule has 184 valence electrons. The fourth-order valence-electron chi connectivity index (χ4n) is 5.11. The number of nitriles is 1. The lowest BCUT2D eigenvalue weighted by Gasteiger charge is -2.35. The minimum atomic E-state index is -0.287. The molecule has 1 atom stereocenters. The molecule has 0 aliphatic heterocycles. The predicted molar refractivity (Wildman–Crippen MR) is 151 cm³/mol. The van der Waals surface area contributed by atoms with Crippen molar-refractivity contribution in [2.45, 2.75) is 90.9 Å². The summed E-state index contributed by atoms with van der Waals surface area (Å²) in [6.45, 7) is 8.61. The SMILES string of the molecule is CCCC(CCCC1CCC(C#N)(c2ccccc2)CC1)C(C=C(C)C)=N/C(C)=C(\Br)C=NC. The Kier molecular flexibility index (Phi) is 12.0. The standard InChI is InChI=1S/C30H42BrN3/c1-6-11-26(29(20-23(2)3)34-24(4)28(31)21-33-5)13-10-12-25-16-18-30(22-32,19-17-25)27-14-8-7-9-15-27/h7-9,14-15,20-21,25-26H,6,10-13,16-19H2,1-5H3/b28-24-,33-21?,34-29?. The highest BCUT2D eigenvalue weighted by atomic mass is 79.9. The molecule has 3 nitrogen and oxygen atoms in total. The van der Waals surface area contributed by atoms with E-state index in [-0.39, 0.29) is 5.41 Å². The number of halogens is 1. The van der Waals surface area contributed by atoms with Crippen molar-refractivity contribution in [3.63, 3.8) is 0 Å². The molecule has 1 aromatic rings. The van der Waals surface area contributed by atoms with Crippen LogP contribution in [-0.4, -0.2) is 19.0 Å². The van der Waals surface area contributed by atoms with Crippen molar-refractivity contribution >= 4 is 27.9 Å². The first-order chi connectivity index (χ1) is 16.3. The normalized spacial score (nSPS) is 22.7. The maximum Gasteiger partial charge on any atom is 0.0822 e. The maximum absolute atomic E-state index is 9.98. The lowest BCUT2D eigenvalue weighted by molar-refractivity contribution is 0.259. The Balaban J connectivity index is 2.03. The van der Waals surface area contributed by atoms with Gasteiger partial charge in [0.15, 0.2) is 0 Å². The van der Waals surface area contributed by atoms with E-state index in [1.54, 1.807) is 7.05 Å². The predicted octanol–water partition coefficient (Wildman–Crippen LogP) is 8.96. The molecule has 1 aliphatic rings. The van der Waals surface area contributed by atoms with Gasteiger partial charge in [0.25, 0.3) is 0 Å². The fraction of sp³-hybridized carbons (Fsp3) is 0.567. The van der Waals surface area contributed by atoms with Gasteiger partial charge >= 0.3 is 0 Å². The largest absolute Gasteiger partial charge is 0.295 e. The summed E-state index contributed by atoms with van der Waals surface area (Å²) in [7, 11) is 1.78. The van der Waals surface area contributed by atoms with Crippen LogP contribution in [0.1, 0.15) is 91.0 Å². The molecular weight excluding hydrogens is 482 g/mol. The first-order valence-electron chi connectivity index (χ1n) is 12.8. The van der Waals surface area contributed by atoms with Crippen LogP contribution in [0, 0.1) is 23.2 Å². The Bertz CT molecular complexity index is 922. The van der Waals surface area contributed by atoms with Gasteiger partial charge < -0.3 is 0 Å². The number of aliphatic imine (C=N–C) groups is 2.